The number of ether oxygens (including phenoxy) is 1. The van der Waals surface area contributed by atoms with E-state index in [0.717, 1.165) is 51.8 Å². The van der Waals surface area contributed by atoms with E-state index < -0.39 is 0 Å². The van der Waals surface area contributed by atoms with Crippen LogP contribution in [0.1, 0.15) is 45.4 Å². The molecule has 2 unspecified atom stereocenters. The van der Waals surface area contributed by atoms with E-state index in [4.69, 9.17) is 4.74 Å². The fourth-order valence-corrected chi connectivity index (χ4v) is 2.54. The summed E-state index contributed by atoms with van der Waals surface area (Å²) < 4.78 is 5.72. The summed E-state index contributed by atoms with van der Waals surface area (Å²) >= 11 is 0. The van der Waals surface area contributed by atoms with Gasteiger partial charge in [0.1, 0.15) is 0 Å². The van der Waals surface area contributed by atoms with Crippen molar-refractivity contribution in [1.82, 2.24) is 10.6 Å². The third-order valence-corrected chi connectivity index (χ3v) is 3.78. The van der Waals surface area contributed by atoms with Crippen LogP contribution >= 0.6 is 0 Å². The van der Waals surface area contributed by atoms with Crippen LogP contribution in [-0.2, 0) is 9.53 Å². The SMILES string of the molecule is CCCC1CC(NCCNC(=O)C2CC2)CCO1. The minimum absolute atomic E-state index is 0.243. The van der Waals surface area contributed by atoms with Crippen molar-refractivity contribution in [3.63, 3.8) is 0 Å². The lowest BCUT2D eigenvalue weighted by molar-refractivity contribution is -0.122. The van der Waals surface area contributed by atoms with Gasteiger partial charge in [0.2, 0.25) is 5.91 Å². The number of rotatable bonds is 7. The van der Waals surface area contributed by atoms with Crippen LogP contribution in [0.5, 0.6) is 0 Å². The van der Waals surface area contributed by atoms with Gasteiger partial charge in [-0.15, -0.1) is 0 Å². The summed E-state index contributed by atoms with van der Waals surface area (Å²) in [6, 6.07) is 0.563. The number of nitrogens with one attached hydrogen (secondary N) is 2. The monoisotopic (exact) mass is 254 g/mol. The van der Waals surface area contributed by atoms with E-state index >= 15 is 0 Å². The van der Waals surface area contributed by atoms with Crippen LogP contribution in [0.15, 0.2) is 0 Å². The lowest BCUT2D eigenvalue weighted by Crippen LogP contribution is -2.42. The predicted octanol–water partition coefficient (Wildman–Crippen LogP) is 1.45. The Hall–Kier alpha value is -0.610. The van der Waals surface area contributed by atoms with Crippen molar-refractivity contribution in [3.8, 4) is 0 Å². The highest BCUT2D eigenvalue weighted by Gasteiger charge is 2.29. The molecule has 104 valence electrons. The highest BCUT2D eigenvalue weighted by atomic mass is 16.5. The first-order valence-electron chi connectivity index (χ1n) is 7.42. The van der Waals surface area contributed by atoms with E-state index in [1.165, 1.54) is 6.42 Å². The summed E-state index contributed by atoms with van der Waals surface area (Å²) in [5.74, 6) is 0.564. The van der Waals surface area contributed by atoms with Crippen LogP contribution < -0.4 is 10.6 Å². The zero-order valence-corrected chi connectivity index (χ0v) is 11.4. The van der Waals surface area contributed by atoms with Crippen LogP contribution in [-0.4, -0.2) is 37.7 Å². The molecule has 0 radical (unpaired) electrons. The number of carbonyl (C=O) groups excluding carboxylic acids is 1. The quantitative estimate of drug-likeness (QED) is 0.676. The lowest BCUT2D eigenvalue weighted by atomic mass is 10.0. The van der Waals surface area contributed by atoms with Gasteiger partial charge >= 0.3 is 0 Å². The van der Waals surface area contributed by atoms with Crippen LogP contribution in [0.2, 0.25) is 0 Å². The molecule has 1 saturated carbocycles. The number of carbonyl (C=O) groups is 1. The van der Waals surface area contributed by atoms with Crippen molar-refractivity contribution < 1.29 is 9.53 Å². The zero-order valence-electron chi connectivity index (χ0n) is 11.4. The molecule has 0 bridgehead atoms. The van der Waals surface area contributed by atoms with Crippen molar-refractivity contribution in [3.05, 3.63) is 0 Å². The average molecular weight is 254 g/mol. The van der Waals surface area contributed by atoms with Gasteiger partial charge in [-0.1, -0.05) is 13.3 Å². The van der Waals surface area contributed by atoms with Gasteiger partial charge in [-0.3, -0.25) is 4.79 Å². The Kier molecular flexibility index (Phi) is 5.45. The molecule has 1 heterocycles. The molecule has 2 fully saturated rings. The summed E-state index contributed by atoms with van der Waals surface area (Å²) in [7, 11) is 0. The van der Waals surface area contributed by atoms with Crippen LogP contribution in [0.3, 0.4) is 0 Å². The van der Waals surface area contributed by atoms with Crippen LogP contribution in [0.4, 0.5) is 0 Å². The molecule has 1 aliphatic heterocycles. The lowest BCUT2D eigenvalue weighted by Gasteiger charge is -2.30. The largest absolute Gasteiger partial charge is 0.378 e. The number of amides is 1. The van der Waals surface area contributed by atoms with Crippen molar-refractivity contribution in [2.45, 2.75) is 57.6 Å². The highest BCUT2D eigenvalue weighted by Crippen LogP contribution is 2.28. The minimum atomic E-state index is 0.243. The summed E-state index contributed by atoms with van der Waals surface area (Å²) in [6.45, 7) is 4.71. The van der Waals surface area contributed by atoms with Gasteiger partial charge in [0.25, 0.3) is 0 Å². The maximum absolute atomic E-state index is 11.4. The van der Waals surface area contributed by atoms with Gasteiger partial charge in [-0.05, 0) is 32.1 Å². The van der Waals surface area contributed by atoms with E-state index in [9.17, 15) is 4.79 Å². The molecule has 2 atom stereocenters. The maximum atomic E-state index is 11.4. The van der Waals surface area contributed by atoms with E-state index in [-0.39, 0.29) is 5.91 Å². The maximum Gasteiger partial charge on any atom is 0.223 e. The summed E-state index contributed by atoms with van der Waals surface area (Å²) in [5, 5.41) is 6.52. The fourth-order valence-electron chi connectivity index (χ4n) is 2.54. The molecule has 0 aromatic heterocycles. The molecule has 0 aromatic carbocycles. The average Bonchev–Trinajstić information content (AvgIpc) is 3.19. The molecule has 2 rings (SSSR count). The smallest absolute Gasteiger partial charge is 0.223 e. The Morgan fingerprint density at radius 3 is 2.83 bits per heavy atom. The van der Waals surface area contributed by atoms with Crippen LogP contribution in [0, 0.1) is 5.92 Å². The third kappa shape index (κ3) is 4.58. The van der Waals surface area contributed by atoms with Gasteiger partial charge in [0.05, 0.1) is 6.10 Å². The van der Waals surface area contributed by atoms with Gasteiger partial charge in [0.15, 0.2) is 0 Å². The first-order chi connectivity index (χ1) is 8.79. The van der Waals surface area contributed by atoms with Crippen molar-refractivity contribution in [2.75, 3.05) is 19.7 Å². The van der Waals surface area contributed by atoms with Gasteiger partial charge in [-0.25, -0.2) is 0 Å². The van der Waals surface area contributed by atoms with Crippen LogP contribution in [0.25, 0.3) is 0 Å². The minimum Gasteiger partial charge on any atom is -0.378 e. The Bertz CT molecular complexity index is 265. The summed E-state index contributed by atoms with van der Waals surface area (Å²) in [4.78, 5) is 11.4. The van der Waals surface area contributed by atoms with E-state index in [0.29, 0.717) is 18.1 Å². The molecular weight excluding hydrogens is 228 g/mol. The molecular formula is C14H26N2O2. The second-order valence-corrected chi connectivity index (χ2v) is 5.52. The molecule has 1 saturated heterocycles. The molecule has 1 amide bonds. The third-order valence-electron chi connectivity index (χ3n) is 3.78. The Labute approximate surface area is 110 Å². The van der Waals surface area contributed by atoms with Crippen molar-refractivity contribution in [1.29, 1.82) is 0 Å². The summed E-state index contributed by atoms with van der Waals surface area (Å²) in [6.07, 6.45) is 7.16. The highest BCUT2D eigenvalue weighted by molar-refractivity contribution is 5.80. The molecule has 18 heavy (non-hydrogen) atoms. The molecule has 4 nitrogen and oxygen atoms in total. The first kappa shape index (κ1) is 13.8. The molecule has 1 aliphatic carbocycles. The van der Waals surface area contributed by atoms with E-state index in [2.05, 4.69) is 17.6 Å². The van der Waals surface area contributed by atoms with Gasteiger partial charge in [-0.2, -0.15) is 0 Å². The van der Waals surface area contributed by atoms with Gasteiger partial charge in [0, 0.05) is 31.7 Å². The molecule has 0 aromatic rings. The normalized spacial score (nSPS) is 28.1. The standard InChI is InChI=1S/C14H26N2O2/c1-2-3-13-10-12(6-9-18-13)15-7-8-16-14(17)11-4-5-11/h11-13,15H,2-10H2,1H3,(H,16,17). The number of hydrogen-bond acceptors (Lipinski definition) is 3. The first-order valence-corrected chi connectivity index (χ1v) is 7.42. The van der Waals surface area contributed by atoms with Crippen molar-refractivity contribution >= 4 is 5.91 Å². The zero-order chi connectivity index (χ0) is 12.8. The Morgan fingerprint density at radius 2 is 2.11 bits per heavy atom. The Balaban J connectivity index is 1.53. The van der Waals surface area contributed by atoms with E-state index in [1.54, 1.807) is 0 Å². The Morgan fingerprint density at radius 1 is 1.28 bits per heavy atom. The molecule has 4 heteroatoms. The number of hydrogen-bond donors (Lipinski definition) is 2. The second-order valence-electron chi connectivity index (χ2n) is 5.52. The second kappa shape index (κ2) is 7.10. The predicted molar refractivity (Wildman–Crippen MR) is 71.4 cm³/mol. The fraction of sp³-hybridized carbons (Fsp3) is 0.929. The van der Waals surface area contributed by atoms with Gasteiger partial charge < -0.3 is 15.4 Å². The summed E-state index contributed by atoms with van der Waals surface area (Å²) in [5.41, 5.74) is 0. The molecule has 2 aliphatic rings. The van der Waals surface area contributed by atoms with Crippen molar-refractivity contribution in [2.24, 2.45) is 5.92 Å². The molecule has 2 N–H and O–H groups in total. The molecule has 0 spiro atoms. The van der Waals surface area contributed by atoms with E-state index in [1.807, 2.05) is 0 Å². The topological polar surface area (TPSA) is 50.4 Å².